The first-order chi connectivity index (χ1) is 10.6. The second kappa shape index (κ2) is 5.99. The van der Waals surface area contributed by atoms with Gasteiger partial charge in [-0.15, -0.1) is 5.10 Å². The molecule has 3 rings (SSSR count). The minimum atomic E-state index is -0.331. The number of carbonyl (C=O) groups excluding carboxylic acids is 1. The Balaban J connectivity index is 1.78. The zero-order valence-corrected chi connectivity index (χ0v) is 12.6. The van der Waals surface area contributed by atoms with Crippen molar-refractivity contribution in [3.05, 3.63) is 71.0 Å². The largest absolute Gasteiger partial charge is 0.320 e. The normalized spacial score (nSPS) is 10.5. The van der Waals surface area contributed by atoms with E-state index in [9.17, 15) is 4.79 Å². The summed E-state index contributed by atoms with van der Waals surface area (Å²) in [5.41, 5.74) is 2.65. The number of nitrogens with zero attached hydrogens (tertiary/aromatic N) is 3. The molecular weight excluding hydrogens is 300 g/mol. The number of rotatable bonds is 3. The number of aryl methyl sites for hydroxylation is 1. The van der Waals surface area contributed by atoms with Crippen LogP contribution in [0.25, 0.3) is 5.69 Å². The van der Waals surface area contributed by atoms with Crippen LogP contribution in [0.4, 0.5) is 5.69 Å². The van der Waals surface area contributed by atoms with Crippen molar-refractivity contribution in [2.45, 2.75) is 6.92 Å². The summed E-state index contributed by atoms with van der Waals surface area (Å²) < 4.78 is 1.55. The molecule has 0 saturated carbocycles. The Kier molecular flexibility index (Phi) is 3.89. The number of hydrogen-bond donors (Lipinski definition) is 1. The summed E-state index contributed by atoms with van der Waals surface area (Å²) >= 11 is 6.04. The molecule has 0 aliphatic rings. The first-order valence-corrected chi connectivity index (χ1v) is 7.06. The van der Waals surface area contributed by atoms with Crippen LogP contribution in [-0.2, 0) is 0 Å². The van der Waals surface area contributed by atoms with E-state index >= 15 is 0 Å². The van der Waals surface area contributed by atoms with Gasteiger partial charge >= 0.3 is 0 Å². The summed E-state index contributed by atoms with van der Waals surface area (Å²) in [6, 6.07) is 14.8. The molecule has 0 spiro atoms. The summed E-state index contributed by atoms with van der Waals surface area (Å²) in [5.74, 6) is -0.331. The second-order valence-corrected chi connectivity index (χ2v) is 5.21. The maximum Gasteiger partial charge on any atom is 0.277 e. The highest BCUT2D eigenvalue weighted by Gasteiger charge is 2.12. The van der Waals surface area contributed by atoms with Crippen LogP contribution in [-0.4, -0.2) is 20.9 Å². The highest BCUT2D eigenvalue weighted by molar-refractivity contribution is 6.31. The lowest BCUT2D eigenvalue weighted by Crippen LogP contribution is -2.12. The van der Waals surface area contributed by atoms with Crippen molar-refractivity contribution in [3.8, 4) is 5.69 Å². The quantitative estimate of drug-likeness (QED) is 0.805. The summed E-state index contributed by atoms with van der Waals surface area (Å²) in [6.07, 6.45) is 1.58. The fourth-order valence-electron chi connectivity index (χ4n) is 1.94. The van der Waals surface area contributed by atoms with Gasteiger partial charge in [0, 0.05) is 10.7 Å². The Morgan fingerprint density at radius 3 is 2.68 bits per heavy atom. The standard InChI is InChI=1S/C16H13ClN4O/c1-11-7-8-12(9-14(11)17)18-16(22)15-10-21(20-19-15)13-5-3-2-4-6-13/h2-10H,1H3,(H,18,22). The SMILES string of the molecule is Cc1ccc(NC(=O)c2cn(-c3ccccc3)nn2)cc1Cl. The number of benzene rings is 2. The number of aromatic nitrogens is 3. The molecule has 3 aromatic rings. The van der Waals surface area contributed by atoms with Crippen LogP contribution in [0, 0.1) is 6.92 Å². The zero-order chi connectivity index (χ0) is 15.5. The molecule has 1 heterocycles. The van der Waals surface area contributed by atoms with Crippen molar-refractivity contribution < 1.29 is 4.79 Å². The average molecular weight is 313 g/mol. The zero-order valence-electron chi connectivity index (χ0n) is 11.8. The van der Waals surface area contributed by atoms with E-state index < -0.39 is 0 Å². The number of hydrogen-bond acceptors (Lipinski definition) is 3. The molecule has 0 atom stereocenters. The number of halogens is 1. The molecule has 1 aromatic heterocycles. The second-order valence-electron chi connectivity index (χ2n) is 4.80. The van der Waals surface area contributed by atoms with Gasteiger partial charge in [0.05, 0.1) is 11.9 Å². The van der Waals surface area contributed by atoms with E-state index in [1.165, 1.54) is 0 Å². The van der Waals surface area contributed by atoms with Crippen molar-refractivity contribution >= 4 is 23.2 Å². The lowest BCUT2D eigenvalue weighted by molar-refractivity contribution is 0.102. The number of para-hydroxylation sites is 1. The molecule has 0 saturated heterocycles. The molecule has 110 valence electrons. The smallest absolute Gasteiger partial charge is 0.277 e. The van der Waals surface area contributed by atoms with E-state index in [0.29, 0.717) is 10.7 Å². The Hall–Kier alpha value is -2.66. The van der Waals surface area contributed by atoms with Gasteiger partial charge in [-0.2, -0.15) is 0 Å². The molecule has 1 N–H and O–H groups in total. The third-order valence-corrected chi connectivity index (χ3v) is 3.58. The van der Waals surface area contributed by atoms with Gasteiger partial charge in [-0.25, -0.2) is 4.68 Å². The van der Waals surface area contributed by atoms with Gasteiger partial charge in [0.15, 0.2) is 5.69 Å². The minimum Gasteiger partial charge on any atom is -0.320 e. The van der Waals surface area contributed by atoms with Crippen molar-refractivity contribution in [1.29, 1.82) is 0 Å². The predicted octanol–water partition coefficient (Wildman–Crippen LogP) is 3.48. The van der Waals surface area contributed by atoms with Gasteiger partial charge in [0.2, 0.25) is 0 Å². The molecule has 0 radical (unpaired) electrons. The maximum atomic E-state index is 12.2. The summed E-state index contributed by atoms with van der Waals surface area (Å²) in [6.45, 7) is 1.90. The van der Waals surface area contributed by atoms with Crippen LogP contribution in [0.1, 0.15) is 16.1 Å². The topological polar surface area (TPSA) is 59.8 Å². The third kappa shape index (κ3) is 2.99. The van der Waals surface area contributed by atoms with E-state index in [4.69, 9.17) is 11.6 Å². The van der Waals surface area contributed by atoms with Crippen LogP contribution < -0.4 is 5.32 Å². The highest BCUT2D eigenvalue weighted by Crippen LogP contribution is 2.20. The molecule has 0 bridgehead atoms. The van der Waals surface area contributed by atoms with Crippen molar-refractivity contribution in [2.24, 2.45) is 0 Å². The van der Waals surface area contributed by atoms with Gasteiger partial charge < -0.3 is 5.32 Å². The predicted molar refractivity (Wildman–Crippen MR) is 85.5 cm³/mol. The summed E-state index contributed by atoms with van der Waals surface area (Å²) in [5, 5.41) is 11.2. The lowest BCUT2D eigenvalue weighted by atomic mass is 10.2. The van der Waals surface area contributed by atoms with Crippen molar-refractivity contribution in [1.82, 2.24) is 15.0 Å². The number of carbonyl (C=O) groups is 1. The summed E-state index contributed by atoms with van der Waals surface area (Å²) in [4.78, 5) is 12.2. The maximum absolute atomic E-state index is 12.2. The molecule has 6 heteroatoms. The molecule has 22 heavy (non-hydrogen) atoms. The highest BCUT2D eigenvalue weighted by atomic mass is 35.5. The van der Waals surface area contributed by atoms with Crippen molar-refractivity contribution in [3.63, 3.8) is 0 Å². The Morgan fingerprint density at radius 1 is 1.18 bits per heavy atom. The van der Waals surface area contributed by atoms with Gasteiger partial charge in [-0.1, -0.05) is 41.1 Å². The van der Waals surface area contributed by atoms with Crippen LogP contribution in [0.5, 0.6) is 0 Å². The van der Waals surface area contributed by atoms with Crippen LogP contribution >= 0.6 is 11.6 Å². The molecule has 0 aliphatic heterocycles. The Morgan fingerprint density at radius 2 is 1.95 bits per heavy atom. The van der Waals surface area contributed by atoms with Crippen LogP contribution in [0.15, 0.2) is 54.7 Å². The van der Waals surface area contributed by atoms with E-state index in [1.54, 1.807) is 23.0 Å². The Bertz CT molecular complexity index is 814. The first-order valence-electron chi connectivity index (χ1n) is 6.69. The average Bonchev–Trinajstić information content (AvgIpc) is 3.02. The summed E-state index contributed by atoms with van der Waals surface area (Å²) in [7, 11) is 0. The molecular formula is C16H13ClN4O. The molecule has 5 nitrogen and oxygen atoms in total. The monoisotopic (exact) mass is 312 g/mol. The lowest BCUT2D eigenvalue weighted by Gasteiger charge is -2.04. The van der Waals surface area contributed by atoms with Gasteiger partial charge in [-0.05, 0) is 36.8 Å². The van der Waals surface area contributed by atoms with Gasteiger partial charge in [0.1, 0.15) is 0 Å². The van der Waals surface area contributed by atoms with Crippen molar-refractivity contribution in [2.75, 3.05) is 5.32 Å². The van der Waals surface area contributed by atoms with Crippen LogP contribution in [0.3, 0.4) is 0 Å². The molecule has 0 unspecified atom stereocenters. The number of nitrogens with one attached hydrogen (secondary N) is 1. The molecule has 1 amide bonds. The molecule has 0 aliphatic carbocycles. The number of anilines is 1. The Labute approximate surface area is 132 Å². The molecule has 0 fully saturated rings. The van der Waals surface area contributed by atoms with Gasteiger partial charge in [-0.3, -0.25) is 4.79 Å². The van der Waals surface area contributed by atoms with E-state index in [1.807, 2.05) is 43.3 Å². The fraction of sp³-hybridized carbons (Fsp3) is 0.0625. The molecule has 2 aromatic carbocycles. The van der Waals surface area contributed by atoms with Gasteiger partial charge in [0.25, 0.3) is 5.91 Å². The van der Waals surface area contributed by atoms with E-state index in [0.717, 1.165) is 11.3 Å². The minimum absolute atomic E-state index is 0.237. The fourth-order valence-corrected chi connectivity index (χ4v) is 2.12. The first kappa shape index (κ1) is 14.3. The van der Waals surface area contributed by atoms with E-state index in [-0.39, 0.29) is 11.6 Å². The van der Waals surface area contributed by atoms with E-state index in [2.05, 4.69) is 15.6 Å². The third-order valence-electron chi connectivity index (χ3n) is 3.18. The number of amides is 1. The van der Waals surface area contributed by atoms with Crippen LogP contribution in [0.2, 0.25) is 5.02 Å².